The fourth-order valence-electron chi connectivity index (χ4n) is 3.12. The van der Waals surface area contributed by atoms with Crippen LogP contribution in [-0.2, 0) is 12.6 Å². The lowest BCUT2D eigenvalue weighted by atomic mass is 9.87. The minimum Gasteiger partial charge on any atom is -0.382 e. The summed E-state index contributed by atoms with van der Waals surface area (Å²) in [7, 11) is 1.95. The van der Waals surface area contributed by atoms with Crippen molar-refractivity contribution in [2.45, 2.75) is 43.4 Å². The molecule has 3 rings (SSSR count). The lowest BCUT2D eigenvalue weighted by molar-refractivity contribution is -0.0215. The van der Waals surface area contributed by atoms with Crippen molar-refractivity contribution in [3.63, 3.8) is 0 Å². The summed E-state index contributed by atoms with van der Waals surface area (Å²) in [5.41, 5.74) is -0.713. The molecule has 2 aliphatic heterocycles. The van der Waals surface area contributed by atoms with Gasteiger partial charge in [0.1, 0.15) is 11.4 Å². The molecule has 2 N–H and O–H groups in total. The second kappa shape index (κ2) is 3.06. The number of nitrogens with one attached hydrogen (secondary N) is 1. The first-order chi connectivity index (χ1) is 7.17. The van der Waals surface area contributed by atoms with E-state index in [1.165, 1.54) is 12.8 Å². The fourth-order valence-corrected chi connectivity index (χ4v) is 3.12. The Morgan fingerprint density at radius 3 is 2.67 bits per heavy atom. The summed E-state index contributed by atoms with van der Waals surface area (Å²) >= 11 is 0. The third kappa shape index (κ3) is 1.40. The normalized spacial score (nSPS) is 39.6. The molecule has 0 aromatic carbocycles. The van der Waals surface area contributed by atoms with E-state index in [0.717, 1.165) is 18.7 Å². The highest BCUT2D eigenvalue weighted by molar-refractivity contribution is 5.11. The second-order valence-corrected chi connectivity index (χ2v) is 4.94. The quantitative estimate of drug-likeness (QED) is 0.706. The van der Waals surface area contributed by atoms with Gasteiger partial charge in [-0.1, -0.05) is 0 Å². The summed E-state index contributed by atoms with van der Waals surface area (Å²) in [4.78, 5) is 4.29. The van der Waals surface area contributed by atoms with Gasteiger partial charge in [-0.15, -0.1) is 0 Å². The van der Waals surface area contributed by atoms with E-state index < -0.39 is 5.60 Å². The molecule has 0 aliphatic carbocycles. The van der Waals surface area contributed by atoms with E-state index in [1.807, 2.05) is 17.8 Å². The molecule has 2 saturated heterocycles. The Hall–Kier alpha value is -0.870. The van der Waals surface area contributed by atoms with Gasteiger partial charge in [0.05, 0.1) is 0 Å². The van der Waals surface area contributed by atoms with Crippen molar-refractivity contribution in [3.8, 4) is 0 Å². The van der Waals surface area contributed by atoms with Crippen LogP contribution >= 0.6 is 0 Å². The summed E-state index contributed by atoms with van der Waals surface area (Å²) in [5, 5.41) is 14.2. The number of rotatable bonds is 1. The van der Waals surface area contributed by atoms with E-state index in [4.69, 9.17) is 0 Å². The number of aliphatic hydroxyl groups is 1. The summed E-state index contributed by atoms with van der Waals surface area (Å²) in [6, 6.07) is 0.955. The van der Waals surface area contributed by atoms with E-state index in [9.17, 15) is 5.11 Å². The molecule has 0 amide bonds. The molecule has 4 nitrogen and oxygen atoms in total. The van der Waals surface area contributed by atoms with Gasteiger partial charge in [0.25, 0.3) is 0 Å². The van der Waals surface area contributed by atoms with Crippen molar-refractivity contribution in [1.29, 1.82) is 0 Å². The standard InChI is InChI=1S/C11H17N3O/c1-14-5-4-12-10(14)11(15)6-8-2-3-9(7-11)13-8/h4-5,8-9,13,15H,2-3,6-7H2,1H3/t8-,9-/m1/s1. The Morgan fingerprint density at radius 1 is 1.47 bits per heavy atom. The molecule has 2 aliphatic rings. The number of piperidine rings is 1. The maximum Gasteiger partial charge on any atom is 0.140 e. The molecule has 3 heterocycles. The van der Waals surface area contributed by atoms with Gasteiger partial charge in [0.2, 0.25) is 0 Å². The Kier molecular flexibility index (Phi) is 1.91. The van der Waals surface area contributed by atoms with E-state index in [1.54, 1.807) is 6.20 Å². The monoisotopic (exact) mass is 207 g/mol. The van der Waals surface area contributed by atoms with Crippen LogP contribution in [0, 0.1) is 0 Å². The third-order valence-corrected chi connectivity index (χ3v) is 3.74. The maximum absolute atomic E-state index is 10.7. The topological polar surface area (TPSA) is 50.1 Å². The lowest BCUT2D eigenvalue weighted by Gasteiger charge is -2.36. The zero-order valence-electron chi connectivity index (χ0n) is 8.98. The number of hydrogen-bond acceptors (Lipinski definition) is 3. The highest BCUT2D eigenvalue weighted by Gasteiger charge is 2.45. The fraction of sp³-hybridized carbons (Fsp3) is 0.727. The summed E-state index contributed by atoms with van der Waals surface area (Å²) in [5.74, 6) is 0.820. The Bertz CT molecular complexity index is 362. The predicted molar refractivity (Wildman–Crippen MR) is 56.3 cm³/mol. The molecule has 0 spiro atoms. The molecule has 15 heavy (non-hydrogen) atoms. The Labute approximate surface area is 89.3 Å². The van der Waals surface area contributed by atoms with Crippen LogP contribution < -0.4 is 5.32 Å². The first-order valence-electron chi connectivity index (χ1n) is 5.64. The lowest BCUT2D eigenvalue weighted by Crippen LogP contribution is -2.47. The second-order valence-electron chi connectivity index (χ2n) is 4.94. The molecule has 0 radical (unpaired) electrons. The van der Waals surface area contributed by atoms with Gasteiger partial charge in [-0.3, -0.25) is 0 Å². The Morgan fingerprint density at radius 2 is 2.13 bits per heavy atom. The zero-order valence-corrected chi connectivity index (χ0v) is 8.98. The predicted octanol–water partition coefficient (Wildman–Crippen LogP) is 0.522. The first kappa shape index (κ1) is 9.36. The minimum atomic E-state index is -0.713. The van der Waals surface area contributed by atoms with E-state index in [2.05, 4.69) is 10.3 Å². The van der Waals surface area contributed by atoms with Gasteiger partial charge < -0.3 is 15.0 Å². The number of aromatic nitrogens is 2. The molecular weight excluding hydrogens is 190 g/mol. The third-order valence-electron chi connectivity index (χ3n) is 3.74. The molecule has 1 aromatic rings. The van der Waals surface area contributed by atoms with Gasteiger partial charge in [-0.2, -0.15) is 0 Å². The molecular formula is C11H17N3O. The van der Waals surface area contributed by atoms with Crippen molar-refractivity contribution < 1.29 is 5.11 Å². The average Bonchev–Trinajstić information content (AvgIpc) is 2.73. The highest BCUT2D eigenvalue weighted by atomic mass is 16.3. The summed E-state index contributed by atoms with van der Waals surface area (Å²) in [6.07, 6.45) is 7.64. The van der Waals surface area contributed by atoms with Crippen LogP contribution in [0.3, 0.4) is 0 Å². The number of fused-ring (bicyclic) bond motifs is 2. The minimum absolute atomic E-state index is 0.477. The van der Waals surface area contributed by atoms with Crippen molar-refractivity contribution in [3.05, 3.63) is 18.2 Å². The van der Waals surface area contributed by atoms with Crippen LogP contribution in [0.1, 0.15) is 31.5 Å². The largest absolute Gasteiger partial charge is 0.382 e. The molecule has 2 bridgehead atoms. The maximum atomic E-state index is 10.7. The molecule has 2 atom stereocenters. The highest BCUT2D eigenvalue weighted by Crippen LogP contribution is 2.39. The van der Waals surface area contributed by atoms with Crippen molar-refractivity contribution in [1.82, 2.24) is 14.9 Å². The van der Waals surface area contributed by atoms with Gasteiger partial charge in [-0.25, -0.2) is 4.98 Å². The molecule has 82 valence electrons. The van der Waals surface area contributed by atoms with Crippen molar-refractivity contribution in [2.75, 3.05) is 0 Å². The van der Waals surface area contributed by atoms with Crippen LogP contribution in [0.25, 0.3) is 0 Å². The zero-order chi connectivity index (χ0) is 10.5. The van der Waals surface area contributed by atoms with Crippen molar-refractivity contribution >= 4 is 0 Å². The average molecular weight is 207 g/mol. The number of imidazole rings is 1. The van der Waals surface area contributed by atoms with E-state index in [-0.39, 0.29) is 0 Å². The molecule has 2 fully saturated rings. The van der Waals surface area contributed by atoms with E-state index in [0.29, 0.717) is 12.1 Å². The first-order valence-corrected chi connectivity index (χ1v) is 5.64. The van der Waals surface area contributed by atoms with Crippen molar-refractivity contribution in [2.24, 2.45) is 7.05 Å². The van der Waals surface area contributed by atoms with Gasteiger partial charge in [0.15, 0.2) is 0 Å². The van der Waals surface area contributed by atoms with Crippen LogP contribution in [0.2, 0.25) is 0 Å². The number of nitrogens with zero attached hydrogens (tertiary/aromatic N) is 2. The summed E-state index contributed by atoms with van der Waals surface area (Å²) in [6.45, 7) is 0. The number of hydrogen-bond donors (Lipinski definition) is 2. The Balaban J connectivity index is 1.94. The van der Waals surface area contributed by atoms with Crippen LogP contribution in [0.5, 0.6) is 0 Å². The SMILES string of the molecule is Cn1ccnc1C1(O)C[C@H]2CC[C@H](C1)N2. The van der Waals surface area contributed by atoms with Crippen LogP contribution in [-0.4, -0.2) is 26.7 Å². The van der Waals surface area contributed by atoms with Gasteiger partial charge in [0, 0.05) is 31.5 Å². The summed E-state index contributed by atoms with van der Waals surface area (Å²) < 4.78 is 1.94. The molecule has 0 saturated carbocycles. The number of aryl methyl sites for hydroxylation is 1. The molecule has 0 unspecified atom stereocenters. The molecule has 1 aromatic heterocycles. The smallest absolute Gasteiger partial charge is 0.140 e. The van der Waals surface area contributed by atoms with Crippen LogP contribution in [0.15, 0.2) is 12.4 Å². The van der Waals surface area contributed by atoms with E-state index >= 15 is 0 Å². The van der Waals surface area contributed by atoms with Gasteiger partial charge in [-0.05, 0) is 25.7 Å². The van der Waals surface area contributed by atoms with Gasteiger partial charge >= 0.3 is 0 Å². The van der Waals surface area contributed by atoms with Crippen LogP contribution in [0.4, 0.5) is 0 Å². The molecule has 4 heteroatoms.